The van der Waals surface area contributed by atoms with Crippen molar-refractivity contribution in [1.29, 1.82) is 0 Å². The molecule has 204 valence electrons. The number of carbonyl (C=O) groups excluding carboxylic acids is 3. The Labute approximate surface area is 239 Å². The average molecular weight is 578 g/mol. The molecule has 3 aromatic rings. The van der Waals surface area contributed by atoms with E-state index in [4.69, 9.17) is 25.8 Å². The Morgan fingerprint density at radius 2 is 1.93 bits per heavy atom. The first-order valence-electron chi connectivity index (χ1n) is 12.4. The third kappa shape index (κ3) is 3.77. The van der Waals surface area contributed by atoms with Crippen LogP contribution < -0.4 is 24.4 Å². The second-order valence-electron chi connectivity index (χ2n) is 9.73. The van der Waals surface area contributed by atoms with Gasteiger partial charge in [0.2, 0.25) is 17.2 Å². The minimum atomic E-state index is -1.77. The van der Waals surface area contributed by atoms with Crippen LogP contribution in [0, 0.1) is 5.92 Å². The summed E-state index contributed by atoms with van der Waals surface area (Å²) in [7, 11) is 4.58. The summed E-state index contributed by atoms with van der Waals surface area (Å²) in [5.74, 6) is -1.13. The monoisotopic (exact) mass is 577 g/mol. The van der Waals surface area contributed by atoms with Gasteiger partial charge in [0.05, 0.1) is 25.5 Å². The number of nitrogens with zero attached hydrogens (tertiary/aromatic N) is 2. The maximum Gasteiger partial charge on any atom is 0.259 e. The largest absolute Gasteiger partial charge is 0.496 e. The SMILES string of the molecule is COc1cc(OC)c2c(c1Cl)O[C@@]1(C(=O)C=C(Nc3ccc4c(c3)C(=O)N(C)c3cccnc3S4)C[C@H]1C)C2=O. The Bertz CT molecular complexity index is 1660. The number of allylic oxidation sites excluding steroid dienone is 1. The van der Waals surface area contributed by atoms with Crippen molar-refractivity contribution >= 4 is 52.2 Å². The molecule has 40 heavy (non-hydrogen) atoms. The van der Waals surface area contributed by atoms with Gasteiger partial charge < -0.3 is 24.4 Å². The van der Waals surface area contributed by atoms with E-state index in [0.717, 1.165) is 15.6 Å². The number of benzene rings is 2. The smallest absolute Gasteiger partial charge is 0.259 e. The highest BCUT2D eigenvalue weighted by molar-refractivity contribution is 7.99. The fourth-order valence-electron chi connectivity index (χ4n) is 5.38. The van der Waals surface area contributed by atoms with Gasteiger partial charge in [0.15, 0.2) is 5.75 Å². The molecule has 3 heterocycles. The number of anilines is 2. The van der Waals surface area contributed by atoms with E-state index in [1.54, 1.807) is 37.2 Å². The second-order valence-corrected chi connectivity index (χ2v) is 11.1. The molecule has 11 heteroatoms. The molecule has 0 saturated carbocycles. The maximum atomic E-state index is 13.7. The second kappa shape index (κ2) is 9.57. The first-order valence-corrected chi connectivity index (χ1v) is 13.6. The highest BCUT2D eigenvalue weighted by atomic mass is 35.5. The molecule has 0 saturated heterocycles. The summed E-state index contributed by atoms with van der Waals surface area (Å²) in [5.41, 5.74) is 0.845. The number of fused-ring (bicyclic) bond motifs is 3. The van der Waals surface area contributed by atoms with Crippen molar-refractivity contribution < 1.29 is 28.6 Å². The van der Waals surface area contributed by atoms with E-state index in [1.165, 1.54) is 38.1 Å². The molecule has 2 aliphatic heterocycles. The molecule has 1 spiro atoms. The Kier molecular flexibility index (Phi) is 6.27. The topological polar surface area (TPSA) is 107 Å². The van der Waals surface area contributed by atoms with Crippen LogP contribution in [0.25, 0.3) is 0 Å². The lowest BCUT2D eigenvalue weighted by molar-refractivity contribution is -0.129. The Hall–Kier alpha value is -4.02. The summed E-state index contributed by atoms with van der Waals surface area (Å²) in [6.07, 6.45) is 3.41. The number of hydrogen-bond acceptors (Lipinski definition) is 9. The molecule has 1 N–H and O–H groups in total. The molecule has 3 aliphatic rings. The van der Waals surface area contributed by atoms with Crippen LogP contribution in [0.5, 0.6) is 17.2 Å². The van der Waals surface area contributed by atoms with Gasteiger partial charge in [0, 0.05) is 47.6 Å². The van der Waals surface area contributed by atoms with Crippen LogP contribution in [0.4, 0.5) is 11.4 Å². The molecular formula is C29H24ClN3O6S. The number of pyridine rings is 1. The summed E-state index contributed by atoms with van der Waals surface area (Å²) in [6, 6.07) is 10.6. The van der Waals surface area contributed by atoms with Crippen molar-refractivity contribution in [3.8, 4) is 17.2 Å². The number of nitrogens with one attached hydrogen (secondary N) is 1. The highest BCUT2D eigenvalue weighted by Crippen LogP contribution is 2.53. The van der Waals surface area contributed by atoms with Gasteiger partial charge in [0.1, 0.15) is 27.1 Å². The zero-order chi connectivity index (χ0) is 28.3. The number of rotatable bonds is 4. The third-order valence-corrected chi connectivity index (χ3v) is 8.89. The van der Waals surface area contributed by atoms with Crippen molar-refractivity contribution in [3.63, 3.8) is 0 Å². The lowest BCUT2D eigenvalue weighted by Gasteiger charge is -2.35. The number of carbonyl (C=O) groups is 3. The number of ether oxygens (including phenoxy) is 3. The predicted molar refractivity (Wildman–Crippen MR) is 150 cm³/mol. The molecule has 0 unspecified atom stereocenters. The van der Waals surface area contributed by atoms with Gasteiger partial charge in [-0.1, -0.05) is 30.3 Å². The molecule has 0 fully saturated rings. The first-order chi connectivity index (χ1) is 19.2. The molecule has 9 nitrogen and oxygen atoms in total. The zero-order valence-corrected chi connectivity index (χ0v) is 23.6. The van der Waals surface area contributed by atoms with Crippen LogP contribution in [0.1, 0.15) is 34.1 Å². The maximum absolute atomic E-state index is 13.7. The molecular weight excluding hydrogens is 554 g/mol. The van der Waals surface area contributed by atoms with E-state index in [9.17, 15) is 14.4 Å². The number of hydrogen-bond donors (Lipinski definition) is 1. The van der Waals surface area contributed by atoms with Gasteiger partial charge in [-0.2, -0.15) is 0 Å². The molecule has 0 radical (unpaired) electrons. The van der Waals surface area contributed by atoms with Crippen molar-refractivity contribution in [1.82, 2.24) is 4.98 Å². The zero-order valence-electron chi connectivity index (χ0n) is 22.0. The Balaban J connectivity index is 1.31. The fraction of sp³-hybridized carbons (Fsp3) is 0.241. The molecule has 6 rings (SSSR count). The summed E-state index contributed by atoms with van der Waals surface area (Å²) in [5, 5.41) is 4.12. The lowest BCUT2D eigenvalue weighted by atomic mass is 9.74. The number of ketones is 2. The van der Waals surface area contributed by atoms with Gasteiger partial charge in [-0.15, -0.1) is 0 Å². The average Bonchev–Trinajstić information content (AvgIpc) is 3.22. The lowest BCUT2D eigenvalue weighted by Crippen LogP contribution is -2.55. The molecule has 2 atom stereocenters. The summed E-state index contributed by atoms with van der Waals surface area (Å²) in [4.78, 5) is 47.4. The molecule has 2 aromatic carbocycles. The van der Waals surface area contributed by atoms with E-state index in [0.29, 0.717) is 23.4 Å². The standard InChI is InChI=1S/C29H24ClN3O6S/c1-14-10-16(12-22(34)29(14)26(35)23-19(37-3)13-20(38-4)24(30)25(23)39-29)32-15-7-8-21-17(11-15)28(36)33(2)18-6-5-9-31-27(18)40-21/h5-9,11-14,32H,10H2,1-4H3/t14-,29+/m1/s1. The molecule has 1 amide bonds. The van der Waals surface area contributed by atoms with Gasteiger partial charge in [-0.25, -0.2) is 4.98 Å². The number of Topliss-reactive ketones (excluding diaryl/α,β-unsaturated/α-hetero) is 1. The van der Waals surface area contributed by atoms with Gasteiger partial charge >= 0.3 is 0 Å². The van der Waals surface area contributed by atoms with Crippen LogP contribution in [0.2, 0.25) is 5.02 Å². The number of amides is 1. The van der Waals surface area contributed by atoms with Gasteiger partial charge in [-0.05, 0) is 36.8 Å². The number of halogens is 1. The van der Waals surface area contributed by atoms with Crippen molar-refractivity contribution in [3.05, 3.63) is 70.5 Å². The van der Waals surface area contributed by atoms with E-state index in [1.807, 2.05) is 18.2 Å². The van der Waals surface area contributed by atoms with E-state index in [2.05, 4.69) is 10.3 Å². The van der Waals surface area contributed by atoms with Gasteiger partial charge in [0.25, 0.3) is 5.91 Å². The van der Waals surface area contributed by atoms with E-state index in [-0.39, 0.29) is 33.7 Å². The highest BCUT2D eigenvalue weighted by Gasteiger charge is 2.60. The number of aromatic nitrogens is 1. The fourth-order valence-corrected chi connectivity index (χ4v) is 6.66. The minimum Gasteiger partial charge on any atom is -0.496 e. The summed E-state index contributed by atoms with van der Waals surface area (Å²) >= 11 is 7.90. The summed E-state index contributed by atoms with van der Waals surface area (Å²) in [6.45, 7) is 1.78. The van der Waals surface area contributed by atoms with Crippen molar-refractivity contribution in [2.24, 2.45) is 5.92 Å². The van der Waals surface area contributed by atoms with E-state index < -0.39 is 23.1 Å². The molecule has 0 bridgehead atoms. The Morgan fingerprint density at radius 1 is 1.15 bits per heavy atom. The quantitative estimate of drug-likeness (QED) is 0.407. The third-order valence-electron chi connectivity index (χ3n) is 7.45. The van der Waals surface area contributed by atoms with Crippen LogP contribution in [-0.4, -0.2) is 49.3 Å². The van der Waals surface area contributed by atoms with Gasteiger partial charge in [-0.3, -0.25) is 14.4 Å². The van der Waals surface area contributed by atoms with Crippen molar-refractivity contribution in [2.45, 2.75) is 28.9 Å². The van der Waals surface area contributed by atoms with E-state index >= 15 is 0 Å². The molecule has 1 aromatic heterocycles. The van der Waals surface area contributed by atoms with Crippen LogP contribution in [-0.2, 0) is 4.79 Å². The normalized spacial score (nSPS) is 21.2. The van der Waals surface area contributed by atoms with Crippen molar-refractivity contribution in [2.75, 3.05) is 31.5 Å². The summed E-state index contributed by atoms with van der Waals surface area (Å²) < 4.78 is 16.8. The van der Waals surface area contributed by atoms with Crippen LogP contribution >= 0.6 is 23.4 Å². The minimum absolute atomic E-state index is 0.0780. The predicted octanol–water partition coefficient (Wildman–Crippen LogP) is 5.41. The molecule has 1 aliphatic carbocycles. The Morgan fingerprint density at radius 3 is 2.65 bits per heavy atom. The van der Waals surface area contributed by atoms with Crippen LogP contribution in [0.15, 0.2) is 64.3 Å². The first kappa shape index (κ1) is 26.2. The number of methoxy groups -OCH3 is 2. The van der Waals surface area contributed by atoms with Crippen LogP contribution in [0.3, 0.4) is 0 Å².